The van der Waals surface area contributed by atoms with Gasteiger partial charge < -0.3 is 28.9 Å². The molecule has 1 atom stereocenters. The molecule has 4 aliphatic heterocycles. The Labute approximate surface area is 350 Å². The molecular weight excluding hydrogens is 763 g/mol. The number of rotatable bonds is 11. The van der Waals surface area contributed by atoms with E-state index >= 15 is 0 Å². The van der Waals surface area contributed by atoms with E-state index in [1.807, 2.05) is 24.3 Å². The summed E-state index contributed by atoms with van der Waals surface area (Å²) in [5.74, 6) is 2.30. The van der Waals surface area contributed by atoms with Crippen molar-refractivity contribution in [1.82, 2.24) is 35.3 Å². The number of hydrogen-bond acceptors (Lipinski definition) is 12. The number of nitrogens with zero attached hydrogens (tertiary/aromatic N) is 7. The maximum absolute atomic E-state index is 13.4. The van der Waals surface area contributed by atoms with Crippen molar-refractivity contribution in [3.05, 3.63) is 53.9 Å². The third-order valence-corrected chi connectivity index (χ3v) is 13.8. The molecule has 5 fully saturated rings. The maximum Gasteiger partial charge on any atom is 0.255 e. The fraction of sp³-hybridized carbons (Fsp3) is 0.556. The van der Waals surface area contributed by atoms with Crippen LogP contribution in [0, 0.1) is 5.92 Å². The Morgan fingerprint density at radius 2 is 1.63 bits per heavy atom. The smallest absolute Gasteiger partial charge is 0.255 e. The summed E-state index contributed by atoms with van der Waals surface area (Å²) in [6.45, 7) is 9.06. The van der Waals surface area contributed by atoms with Gasteiger partial charge in [-0.05, 0) is 101 Å². The second-order valence-corrected chi connectivity index (χ2v) is 17.9. The Morgan fingerprint density at radius 3 is 2.38 bits per heavy atom. The number of methoxy groups -OCH3 is 1. The molecule has 60 heavy (non-hydrogen) atoms. The van der Waals surface area contributed by atoms with E-state index in [4.69, 9.17) is 14.2 Å². The van der Waals surface area contributed by atoms with Gasteiger partial charge in [-0.15, -0.1) is 0 Å². The molecule has 6 aliphatic rings. The van der Waals surface area contributed by atoms with E-state index in [1.165, 1.54) is 12.8 Å². The van der Waals surface area contributed by atoms with Crippen molar-refractivity contribution in [2.24, 2.45) is 5.92 Å². The number of aromatic amines is 1. The number of imide groups is 1. The lowest BCUT2D eigenvalue weighted by molar-refractivity contribution is -0.136. The van der Waals surface area contributed by atoms with Crippen LogP contribution in [0.3, 0.4) is 0 Å². The number of carbonyl (C=O) groups excluding carboxylic acids is 3. The normalized spacial score (nSPS) is 24.8. The number of piperazine rings is 1. The number of fused-ring (bicyclic) bond motifs is 2. The summed E-state index contributed by atoms with van der Waals surface area (Å²) < 4.78 is 18.9. The molecule has 6 heterocycles. The van der Waals surface area contributed by atoms with Gasteiger partial charge in [0.2, 0.25) is 11.8 Å². The molecule has 0 radical (unpaired) electrons. The van der Waals surface area contributed by atoms with Crippen molar-refractivity contribution < 1.29 is 28.6 Å². The third kappa shape index (κ3) is 7.77. The van der Waals surface area contributed by atoms with Crippen molar-refractivity contribution in [2.75, 3.05) is 62.7 Å². The van der Waals surface area contributed by atoms with Crippen LogP contribution in [-0.2, 0) is 20.9 Å². The van der Waals surface area contributed by atoms with Crippen LogP contribution >= 0.6 is 0 Å². The van der Waals surface area contributed by atoms with Crippen molar-refractivity contribution in [2.45, 2.75) is 102 Å². The second-order valence-electron chi connectivity index (χ2n) is 17.9. The molecule has 0 spiro atoms. The Kier molecular flexibility index (Phi) is 10.3. The molecule has 2 saturated carbocycles. The van der Waals surface area contributed by atoms with Gasteiger partial charge in [0.1, 0.15) is 41.0 Å². The summed E-state index contributed by atoms with van der Waals surface area (Å²) in [5, 5.41) is 11.2. The standard InChI is InChI=1S/C45H55N9O6/c1-45(15-16-45)60-31-7-9-35-33(23-31)41(50-49-35)36-24-39(47-27-46-36)53-17-13-30(14-18-53)59-29-5-3-28(4-6-29)25-51-19-21-52(22-20-51)37-10-8-32-34(42(37)58-2)26-54(44(32)57)38-11-12-40(55)48-43(38)56/h7-10,23-24,27-30,38H,3-6,11-22,25-26H2,1-2H3,(H,49,50)(H,48,55,56). The summed E-state index contributed by atoms with van der Waals surface area (Å²) in [4.78, 5) is 55.8. The molecule has 2 aliphatic carbocycles. The van der Waals surface area contributed by atoms with Crippen LogP contribution < -0.4 is 24.6 Å². The highest BCUT2D eigenvalue weighted by molar-refractivity contribution is 6.06. The molecule has 3 amide bonds. The van der Waals surface area contributed by atoms with E-state index in [-0.39, 0.29) is 29.9 Å². The first-order valence-electron chi connectivity index (χ1n) is 21.9. The molecule has 15 nitrogen and oxygen atoms in total. The van der Waals surface area contributed by atoms with Gasteiger partial charge >= 0.3 is 0 Å². The fourth-order valence-electron chi connectivity index (χ4n) is 10.0. The summed E-state index contributed by atoms with van der Waals surface area (Å²) in [5.41, 5.74) is 4.91. The van der Waals surface area contributed by atoms with Gasteiger partial charge in [0.05, 0.1) is 42.8 Å². The molecule has 1 unspecified atom stereocenters. The number of ether oxygens (including phenoxy) is 3. The Balaban J connectivity index is 0.673. The van der Waals surface area contributed by atoms with Crippen molar-refractivity contribution >= 4 is 40.1 Å². The van der Waals surface area contributed by atoms with Gasteiger partial charge in [0, 0.05) is 74.8 Å². The highest BCUT2D eigenvalue weighted by atomic mass is 16.5. The van der Waals surface area contributed by atoms with Crippen molar-refractivity contribution in [3.63, 3.8) is 0 Å². The molecule has 10 rings (SSSR count). The monoisotopic (exact) mass is 817 g/mol. The largest absolute Gasteiger partial charge is 0.494 e. The average Bonchev–Trinajstić information content (AvgIpc) is 3.68. The number of hydrogen-bond donors (Lipinski definition) is 2. The van der Waals surface area contributed by atoms with E-state index in [2.05, 4.69) is 59.2 Å². The van der Waals surface area contributed by atoms with Crippen LogP contribution in [0.5, 0.6) is 11.5 Å². The van der Waals surface area contributed by atoms with E-state index < -0.39 is 11.9 Å². The topological polar surface area (TPSA) is 158 Å². The first kappa shape index (κ1) is 38.9. The number of piperidine rings is 2. The quantitative estimate of drug-likeness (QED) is 0.194. The first-order chi connectivity index (χ1) is 29.2. The first-order valence-corrected chi connectivity index (χ1v) is 21.9. The van der Waals surface area contributed by atoms with Gasteiger partial charge in [0.15, 0.2) is 0 Å². The van der Waals surface area contributed by atoms with Gasteiger partial charge in [-0.25, -0.2) is 9.97 Å². The van der Waals surface area contributed by atoms with Crippen LogP contribution in [0.15, 0.2) is 42.7 Å². The Morgan fingerprint density at radius 1 is 0.850 bits per heavy atom. The lowest BCUT2D eigenvalue weighted by atomic mass is 9.86. The molecule has 2 N–H and O–H groups in total. The Bertz CT molecular complexity index is 2270. The zero-order chi connectivity index (χ0) is 41.0. The highest BCUT2D eigenvalue weighted by Gasteiger charge is 2.42. The SMILES string of the molecule is COc1c(N2CCN(CC3CCC(OC4CCN(c5cc(-c6n[nH]c7ccc(OC8(C)CC8)cc67)ncn5)CC4)CC3)CC2)ccc2c1CN(C1CCC(=O)NC1=O)C2=O. The van der Waals surface area contributed by atoms with Crippen LogP contribution in [0.1, 0.15) is 87.1 Å². The van der Waals surface area contributed by atoms with Crippen LogP contribution in [0.25, 0.3) is 22.3 Å². The zero-order valence-corrected chi connectivity index (χ0v) is 34.7. The lowest BCUT2D eigenvalue weighted by Gasteiger charge is -2.40. The zero-order valence-electron chi connectivity index (χ0n) is 34.7. The molecule has 15 heteroatoms. The minimum absolute atomic E-state index is 0.0451. The average molecular weight is 818 g/mol. The highest BCUT2D eigenvalue weighted by Crippen LogP contribution is 2.42. The summed E-state index contributed by atoms with van der Waals surface area (Å²) in [6, 6.07) is 11.4. The van der Waals surface area contributed by atoms with Gasteiger partial charge in [-0.3, -0.25) is 29.7 Å². The van der Waals surface area contributed by atoms with Crippen LogP contribution in [0.4, 0.5) is 11.5 Å². The number of aromatic nitrogens is 4. The fourth-order valence-corrected chi connectivity index (χ4v) is 10.0. The second kappa shape index (κ2) is 16.0. The van der Waals surface area contributed by atoms with Crippen LogP contribution in [0.2, 0.25) is 0 Å². The third-order valence-electron chi connectivity index (χ3n) is 13.8. The number of carbonyl (C=O) groups is 3. The molecule has 2 aromatic heterocycles. The van der Waals surface area contributed by atoms with E-state index in [9.17, 15) is 14.4 Å². The minimum Gasteiger partial charge on any atom is -0.494 e. The Hall–Kier alpha value is -5.28. The lowest BCUT2D eigenvalue weighted by Crippen LogP contribution is -2.52. The maximum atomic E-state index is 13.4. The van der Waals surface area contributed by atoms with Gasteiger partial charge in [-0.1, -0.05) is 0 Å². The predicted molar refractivity (Wildman–Crippen MR) is 225 cm³/mol. The molecule has 0 bridgehead atoms. The van der Waals surface area contributed by atoms with Gasteiger partial charge in [0.25, 0.3) is 5.91 Å². The number of benzene rings is 2. The van der Waals surface area contributed by atoms with Crippen molar-refractivity contribution in [3.8, 4) is 22.9 Å². The van der Waals surface area contributed by atoms with Gasteiger partial charge in [-0.2, -0.15) is 5.10 Å². The molecule has 3 saturated heterocycles. The van der Waals surface area contributed by atoms with Crippen LogP contribution in [-0.4, -0.2) is 124 Å². The number of nitrogens with one attached hydrogen (secondary N) is 2. The van der Waals surface area contributed by atoms with E-state index in [0.717, 1.165) is 129 Å². The molecule has 4 aromatic rings. The molecule has 2 aromatic carbocycles. The van der Waals surface area contributed by atoms with Crippen molar-refractivity contribution in [1.29, 1.82) is 0 Å². The summed E-state index contributed by atoms with van der Waals surface area (Å²) in [6.07, 6.45) is 11.6. The molecule has 316 valence electrons. The summed E-state index contributed by atoms with van der Waals surface area (Å²) >= 11 is 0. The summed E-state index contributed by atoms with van der Waals surface area (Å²) in [7, 11) is 1.65. The molecular formula is C45H55N9O6. The number of amides is 3. The van der Waals surface area contributed by atoms with E-state index in [1.54, 1.807) is 18.3 Å². The predicted octanol–water partition coefficient (Wildman–Crippen LogP) is 5.09. The minimum atomic E-state index is -0.647. The number of H-pyrrole nitrogens is 1. The van der Waals surface area contributed by atoms with E-state index in [0.29, 0.717) is 36.3 Å². The number of anilines is 2.